The predicted octanol–water partition coefficient (Wildman–Crippen LogP) is 3.07. The van der Waals surface area contributed by atoms with E-state index in [1.54, 1.807) is 0 Å². The van der Waals surface area contributed by atoms with Gasteiger partial charge in [-0.3, -0.25) is 0 Å². The van der Waals surface area contributed by atoms with Gasteiger partial charge >= 0.3 is 0 Å². The first-order valence-corrected chi connectivity index (χ1v) is 6.49. The van der Waals surface area contributed by atoms with Crippen LogP contribution in [0.3, 0.4) is 0 Å². The van der Waals surface area contributed by atoms with Gasteiger partial charge in [0.25, 0.3) is 0 Å². The molecule has 1 rings (SSSR count). The first kappa shape index (κ1) is 15.1. The minimum atomic E-state index is -0.800. The summed E-state index contributed by atoms with van der Waals surface area (Å²) in [5.74, 6) is -0.343. The predicted molar refractivity (Wildman–Crippen MR) is 71.2 cm³/mol. The maximum Gasteiger partial charge on any atom is 0.126 e. The molecule has 0 saturated heterocycles. The Labute approximate surface area is 108 Å². The van der Waals surface area contributed by atoms with Crippen molar-refractivity contribution < 1.29 is 14.6 Å². The van der Waals surface area contributed by atoms with E-state index < -0.39 is 12.2 Å². The third-order valence-electron chi connectivity index (χ3n) is 3.60. The number of benzene rings is 1. The van der Waals surface area contributed by atoms with Gasteiger partial charge in [0.05, 0.1) is 12.2 Å². The van der Waals surface area contributed by atoms with Crippen LogP contribution in [0.5, 0.6) is 0 Å². The van der Waals surface area contributed by atoms with E-state index in [0.717, 1.165) is 11.1 Å². The van der Waals surface area contributed by atoms with E-state index in [1.807, 2.05) is 33.8 Å². The summed E-state index contributed by atoms with van der Waals surface area (Å²) >= 11 is 0. The van der Waals surface area contributed by atoms with Gasteiger partial charge in [-0.1, -0.05) is 19.9 Å². The summed E-state index contributed by atoms with van der Waals surface area (Å²) in [5, 5.41) is 19.3. The van der Waals surface area contributed by atoms with Crippen LogP contribution < -0.4 is 0 Å². The van der Waals surface area contributed by atoms with E-state index in [-0.39, 0.29) is 11.7 Å². The first-order valence-electron chi connectivity index (χ1n) is 6.49. The lowest BCUT2D eigenvalue weighted by molar-refractivity contribution is 0.00938. The topological polar surface area (TPSA) is 40.5 Å². The molecule has 2 nitrogen and oxygen atoms in total. The van der Waals surface area contributed by atoms with Crippen LogP contribution in [-0.2, 0) is 0 Å². The zero-order valence-corrected chi connectivity index (χ0v) is 11.6. The number of aryl methyl sites for hydroxylation is 2. The van der Waals surface area contributed by atoms with Gasteiger partial charge in [0.2, 0.25) is 0 Å². The Bertz CT molecular complexity index is 404. The first-order chi connectivity index (χ1) is 8.36. The average molecular weight is 254 g/mol. The van der Waals surface area contributed by atoms with Crippen molar-refractivity contribution in [3.05, 3.63) is 34.6 Å². The van der Waals surface area contributed by atoms with Crippen molar-refractivity contribution in [3.63, 3.8) is 0 Å². The van der Waals surface area contributed by atoms with Gasteiger partial charge in [0.15, 0.2) is 0 Å². The molecule has 0 aliphatic heterocycles. The van der Waals surface area contributed by atoms with Crippen molar-refractivity contribution in [3.8, 4) is 0 Å². The van der Waals surface area contributed by atoms with Gasteiger partial charge < -0.3 is 10.2 Å². The Balaban J connectivity index is 2.84. The van der Waals surface area contributed by atoms with Crippen LogP contribution >= 0.6 is 0 Å². The van der Waals surface area contributed by atoms with Gasteiger partial charge in [0.1, 0.15) is 5.82 Å². The van der Waals surface area contributed by atoms with Crippen molar-refractivity contribution in [2.75, 3.05) is 0 Å². The van der Waals surface area contributed by atoms with Crippen molar-refractivity contribution >= 4 is 0 Å². The fraction of sp³-hybridized carbons (Fsp3) is 0.600. The van der Waals surface area contributed by atoms with Crippen LogP contribution in [0, 0.1) is 19.7 Å². The quantitative estimate of drug-likeness (QED) is 0.847. The highest BCUT2D eigenvalue weighted by Gasteiger charge is 2.20. The lowest BCUT2D eigenvalue weighted by Gasteiger charge is -2.21. The molecule has 0 aromatic heterocycles. The third kappa shape index (κ3) is 3.53. The molecule has 1 aromatic carbocycles. The summed E-state index contributed by atoms with van der Waals surface area (Å²) in [4.78, 5) is 0. The number of halogens is 1. The average Bonchev–Trinajstić information content (AvgIpc) is 2.32. The number of hydrogen-bond donors (Lipinski definition) is 2. The van der Waals surface area contributed by atoms with Gasteiger partial charge in [-0.2, -0.15) is 0 Å². The van der Waals surface area contributed by atoms with Gasteiger partial charge in [0, 0.05) is 0 Å². The molecule has 3 unspecified atom stereocenters. The zero-order valence-electron chi connectivity index (χ0n) is 11.6. The number of rotatable bonds is 5. The van der Waals surface area contributed by atoms with Gasteiger partial charge in [-0.05, 0) is 55.4 Å². The molecule has 0 amide bonds. The lowest BCUT2D eigenvalue weighted by atomic mass is 9.90. The van der Waals surface area contributed by atoms with Gasteiger partial charge in [-0.15, -0.1) is 0 Å². The maximum atomic E-state index is 13.9. The Kier molecular flexibility index (Phi) is 5.29. The SMILES string of the molecule is CCC(O)C(O)CC(C)c1cc(C)c(C)cc1F. The second-order valence-electron chi connectivity index (χ2n) is 5.14. The highest BCUT2D eigenvalue weighted by molar-refractivity contribution is 5.33. The fourth-order valence-corrected chi connectivity index (χ4v) is 2.10. The summed E-state index contributed by atoms with van der Waals surface area (Å²) in [6.45, 7) is 7.51. The Hall–Kier alpha value is -0.930. The molecule has 2 N–H and O–H groups in total. The molecule has 0 aliphatic carbocycles. The molecule has 18 heavy (non-hydrogen) atoms. The van der Waals surface area contributed by atoms with E-state index in [1.165, 1.54) is 6.07 Å². The Morgan fingerprint density at radius 2 is 1.67 bits per heavy atom. The number of hydrogen-bond acceptors (Lipinski definition) is 2. The van der Waals surface area contributed by atoms with Crippen LogP contribution in [0.4, 0.5) is 4.39 Å². The van der Waals surface area contributed by atoms with E-state index >= 15 is 0 Å². The molecule has 102 valence electrons. The summed E-state index contributed by atoms with van der Waals surface area (Å²) < 4.78 is 13.9. The van der Waals surface area contributed by atoms with E-state index in [2.05, 4.69) is 0 Å². The second kappa shape index (κ2) is 6.30. The monoisotopic (exact) mass is 254 g/mol. The molecule has 0 saturated carbocycles. The highest BCUT2D eigenvalue weighted by Crippen LogP contribution is 2.27. The highest BCUT2D eigenvalue weighted by atomic mass is 19.1. The van der Waals surface area contributed by atoms with E-state index in [0.29, 0.717) is 18.4 Å². The molecule has 3 heteroatoms. The molecular weight excluding hydrogens is 231 g/mol. The van der Waals surface area contributed by atoms with Crippen LogP contribution in [0.2, 0.25) is 0 Å². The molecule has 3 atom stereocenters. The smallest absolute Gasteiger partial charge is 0.126 e. The molecule has 0 radical (unpaired) electrons. The summed E-state index contributed by atoms with van der Waals surface area (Å²) in [6, 6.07) is 3.37. The normalized spacial score (nSPS) is 16.4. The van der Waals surface area contributed by atoms with Crippen molar-refractivity contribution in [1.82, 2.24) is 0 Å². The standard InChI is InChI=1S/C15H23FO2/c1-5-14(17)15(18)8-11(4)12-6-9(2)10(3)7-13(12)16/h6-7,11,14-15,17-18H,5,8H2,1-4H3. The second-order valence-corrected chi connectivity index (χ2v) is 5.14. The molecule has 0 aliphatic rings. The Morgan fingerprint density at radius 3 is 2.22 bits per heavy atom. The van der Waals surface area contributed by atoms with Crippen molar-refractivity contribution in [2.45, 2.75) is 58.7 Å². The van der Waals surface area contributed by atoms with Crippen LogP contribution in [0.1, 0.15) is 49.3 Å². The molecular formula is C15H23FO2. The Morgan fingerprint density at radius 1 is 1.11 bits per heavy atom. The van der Waals surface area contributed by atoms with E-state index in [9.17, 15) is 14.6 Å². The zero-order chi connectivity index (χ0) is 13.9. The summed E-state index contributed by atoms with van der Waals surface area (Å²) in [5.41, 5.74) is 2.59. The molecule has 0 spiro atoms. The van der Waals surface area contributed by atoms with Crippen LogP contribution in [0.15, 0.2) is 12.1 Å². The van der Waals surface area contributed by atoms with Crippen LogP contribution in [0.25, 0.3) is 0 Å². The largest absolute Gasteiger partial charge is 0.390 e. The van der Waals surface area contributed by atoms with Gasteiger partial charge in [-0.25, -0.2) is 4.39 Å². The third-order valence-corrected chi connectivity index (χ3v) is 3.60. The molecule has 0 bridgehead atoms. The lowest BCUT2D eigenvalue weighted by Crippen LogP contribution is -2.26. The van der Waals surface area contributed by atoms with Crippen molar-refractivity contribution in [2.24, 2.45) is 0 Å². The minimum Gasteiger partial charge on any atom is -0.390 e. The maximum absolute atomic E-state index is 13.9. The molecule has 0 heterocycles. The van der Waals surface area contributed by atoms with Crippen molar-refractivity contribution in [1.29, 1.82) is 0 Å². The number of aliphatic hydroxyl groups is 2. The minimum absolute atomic E-state index is 0.111. The fourth-order valence-electron chi connectivity index (χ4n) is 2.10. The van der Waals surface area contributed by atoms with Crippen LogP contribution in [-0.4, -0.2) is 22.4 Å². The van der Waals surface area contributed by atoms with E-state index in [4.69, 9.17) is 0 Å². The molecule has 1 aromatic rings. The number of aliphatic hydroxyl groups excluding tert-OH is 2. The molecule has 0 fully saturated rings. The summed E-state index contributed by atoms with van der Waals surface area (Å²) in [7, 11) is 0. The summed E-state index contributed by atoms with van der Waals surface area (Å²) in [6.07, 6.45) is -0.661.